The topological polar surface area (TPSA) is 49.4 Å². The number of rotatable bonds is 5. The molecule has 0 saturated heterocycles. The lowest BCUT2D eigenvalue weighted by molar-refractivity contribution is -0.116. The van der Waals surface area contributed by atoms with Crippen LogP contribution >= 0.6 is 11.6 Å². The number of aryl methyl sites for hydroxylation is 1. The Bertz CT molecular complexity index is 699. The Hall–Kier alpha value is -2.33. The van der Waals surface area contributed by atoms with Gasteiger partial charge in [0.15, 0.2) is 0 Å². The summed E-state index contributed by atoms with van der Waals surface area (Å²) in [7, 11) is 3.35. The van der Waals surface area contributed by atoms with Gasteiger partial charge in [-0.05, 0) is 30.2 Å². The van der Waals surface area contributed by atoms with Crippen LogP contribution in [-0.4, -0.2) is 30.8 Å². The van der Waals surface area contributed by atoms with Gasteiger partial charge in [0.2, 0.25) is 5.91 Å². The monoisotopic (exact) mass is 330 g/mol. The zero-order valence-corrected chi connectivity index (χ0v) is 13.9. The van der Waals surface area contributed by atoms with E-state index in [9.17, 15) is 9.59 Å². The normalized spacial score (nSPS) is 10.2. The van der Waals surface area contributed by atoms with Crippen LogP contribution in [0.25, 0.3) is 0 Å². The van der Waals surface area contributed by atoms with Gasteiger partial charge in [-0.3, -0.25) is 9.59 Å². The van der Waals surface area contributed by atoms with Crippen LogP contribution < -0.4 is 5.32 Å². The SMILES string of the molecule is CN(C)C(=O)c1ccc(Cl)c(NC(=O)CCc2ccccc2)c1. The predicted octanol–water partition coefficient (Wildman–Crippen LogP) is 3.61. The maximum Gasteiger partial charge on any atom is 0.253 e. The molecule has 0 aromatic heterocycles. The van der Waals surface area contributed by atoms with Crippen LogP contribution in [0.15, 0.2) is 48.5 Å². The van der Waals surface area contributed by atoms with E-state index >= 15 is 0 Å². The first kappa shape index (κ1) is 17.0. The molecular formula is C18H19ClN2O2. The number of carbonyl (C=O) groups is 2. The van der Waals surface area contributed by atoms with Gasteiger partial charge in [0, 0.05) is 26.1 Å². The van der Waals surface area contributed by atoms with Crippen LogP contribution in [0.2, 0.25) is 5.02 Å². The zero-order chi connectivity index (χ0) is 16.8. The van der Waals surface area contributed by atoms with E-state index in [0.29, 0.717) is 29.1 Å². The van der Waals surface area contributed by atoms with Crippen molar-refractivity contribution in [3.8, 4) is 0 Å². The predicted molar refractivity (Wildman–Crippen MR) is 92.9 cm³/mol. The van der Waals surface area contributed by atoms with Gasteiger partial charge in [-0.2, -0.15) is 0 Å². The van der Waals surface area contributed by atoms with Crippen LogP contribution in [0, 0.1) is 0 Å². The molecule has 0 fully saturated rings. The molecule has 4 nitrogen and oxygen atoms in total. The number of halogens is 1. The number of hydrogen-bond acceptors (Lipinski definition) is 2. The molecule has 0 spiro atoms. The Morgan fingerprint density at radius 2 is 1.78 bits per heavy atom. The second-order valence-corrected chi connectivity index (χ2v) is 5.84. The summed E-state index contributed by atoms with van der Waals surface area (Å²) in [4.78, 5) is 25.5. The third-order valence-electron chi connectivity index (χ3n) is 3.38. The maximum atomic E-state index is 12.1. The number of carbonyl (C=O) groups excluding carboxylic acids is 2. The van der Waals surface area contributed by atoms with Crippen LogP contribution in [0.4, 0.5) is 5.69 Å². The smallest absolute Gasteiger partial charge is 0.253 e. The molecule has 0 aliphatic carbocycles. The van der Waals surface area contributed by atoms with E-state index < -0.39 is 0 Å². The number of amides is 2. The van der Waals surface area contributed by atoms with Gasteiger partial charge >= 0.3 is 0 Å². The minimum Gasteiger partial charge on any atom is -0.345 e. The number of benzene rings is 2. The summed E-state index contributed by atoms with van der Waals surface area (Å²) in [5, 5.41) is 3.18. The van der Waals surface area contributed by atoms with Crippen molar-refractivity contribution in [2.24, 2.45) is 0 Å². The molecule has 2 aromatic carbocycles. The molecular weight excluding hydrogens is 312 g/mol. The molecule has 2 amide bonds. The van der Waals surface area contributed by atoms with E-state index in [1.165, 1.54) is 4.90 Å². The quantitative estimate of drug-likeness (QED) is 0.910. The van der Waals surface area contributed by atoms with Crippen molar-refractivity contribution in [3.63, 3.8) is 0 Å². The van der Waals surface area contributed by atoms with Gasteiger partial charge in [-0.15, -0.1) is 0 Å². The third kappa shape index (κ3) is 4.83. The first-order chi connectivity index (χ1) is 11.0. The summed E-state index contributed by atoms with van der Waals surface area (Å²) >= 11 is 6.10. The van der Waals surface area contributed by atoms with E-state index in [4.69, 9.17) is 11.6 Å². The minimum absolute atomic E-state index is 0.134. The van der Waals surface area contributed by atoms with Gasteiger partial charge in [-0.25, -0.2) is 0 Å². The number of anilines is 1. The van der Waals surface area contributed by atoms with Crippen molar-refractivity contribution in [1.29, 1.82) is 0 Å². The summed E-state index contributed by atoms with van der Waals surface area (Å²) in [5.74, 6) is -0.272. The molecule has 5 heteroatoms. The van der Waals surface area contributed by atoms with E-state index in [1.807, 2.05) is 30.3 Å². The van der Waals surface area contributed by atoms with Crippen LogP contribution in [0.1, 0.15) is 22.3 Å². The van der Waals surface area contributed by atoms with Gasteiger partial charge in [-0.1, -0.05) is 41.9 Å². The van der Waals surface area contributed by atoms with E-state index in [0.717, 1.165) is 5.56 Å². The van der Waals surface area contributed by atoms with Crippen molar-refractivity contribution in [1.82, 2.24) is 4.90 Å². The zero-order valence-electron chi connectivity index (χ0n) is 13.2. The van der Waals surface area contributed by atoms with E-state index in [2.05, 4.69) is 5.32 Å². The number of hydrogen-bond donors (Lipinski definition) is 1. The highest BCUT2D eigenvalue weighted by molar-refractivity contribution is 6.33. The first-order valence-corrected chi connectivity index (χ1v) is 7.70. The van der Waals surface area contributed by atoms with Crippen LogP contribution in [-0.2, 0) is 11.2 Å². The lowest BCUT2D eigenvalue weighted by Crippen LogP contribution is -2.22. The van der Waals surface area contributed by atoms with Crippen molar-refractivity contribution in [2.45, 2.75) is 12.8 Å². The Labute approximate surface area is 141 Å². The average Bonchev–Trinajstić information content (AvgIpc) is 2.55. The second-order valence-electron chi connectivity index (χ2n) is 5.43. The maximum absolute atomic E-state index is 12.1. The molecule has 2 rings (SSSR count). The van der Waals surface area contributed by atoms with Gasteiger partial charge in [0.25, 0.3) is 5.91 Å². The van der Waals surface area contributed by atoms with Crippen molar-refractivity contribution in [2.75, 3.05) is 19.4 Å². The van der Waals surface area contributed by atoms with Crippen molar-refractivity contribution >= 4 is 29.1 Å². The fourth-order valence-corrected chi connectivity index (χ4v) is 2.29. The number of nitrogens with one attached hydrogen (secondary N) is 1. The summed E-state index contributed by atoms with van der Waals surface area (Å²) in [6.07, 6.45) is 1.01. The standard InChI is InChI=1S/C18H19ClN2O2/c1-21(2)18(23)14-9-10-15(19)16(12-14)20-17(22)11-8-13-6-4-3-5-7-13/h3-7,9-10,12H,8,11H2,1-2H3,(H,20,22). The molecule has 0 aliphatic rings. The Kier molecular flexibility index (Phi) is 5.77. The highest BCUT2D eigenvalue weighted by Crippen LogP contribution is 2.24. The lowest BCUT2D eigenvalue weighted by Gasteiger charge is -2.13. The molecule has 0 heterocycles. The summed E-state index contributed by atoms with van der Waals surface area (Å²) in [6.45, 7) is 0. The van der Waals surface area contributed by atoms with Gasteiger partial charge < -0.3 is 10.2 Å². The molecule has 1 N–H and O–H groups in total. The molecule has 0 aliphatic heterocycles. The third-order valence-corrected chi connectivity index (χ3v) is 3.71. The van der Waals surface area contributed by atoms with Crippen molar-refractivity contribution in [3.05, 3.63) is 64.7 Å². The first-order valence-electron chi connectivity index (χ1n) is 7.32. The van der Waals surface area contributed by atoms with Gasteiger partial charge in [0.05, 0.1) is 10.7 Å². The molecule has 120 valence electrons. The molecule has 0 unspecified atom stereocenters. The molecule has 0 atom stereocenters. The highest BCUT2D eigenvalue weighted by atomic mass is 35.5. The fraction of sp³-hybridized carbons (Fsp3) is 0.222. The van der Waals surface area contributed by atoms with Gasteiger partial charge in [0.1, 0.15) is 0 Å². The second kappa shape index (κ2) is 7.79. The molecule has 0 radical (unpaired) electrons. The molecule has 23 heavy (non-hydrogen) atoms. The Balaban J connectivity index is 2.02. The molecule has 0 bridgehead atoms. The summed E-state index contributed by atoms with van der Waals surface area (Å²) in [6, 6.07) is 14.7. The fourth-order valence-electron chi connectivity index (χ4n) is 2.13. The van der Waals surface area contributed by atoms with Crippen LogP contribution in [0.3, 0.4) is 0 Å². The summed E-state index contributed by atoms with van der Waals surface area (Å²) < 4.78 is 0. The van der Waals surface area contributed by atoms with E-state index in [-0.39, 0.29) is 11.8 Å². The van der Waals surface area contributed by atoms with E-state index in [1.54, 1.807) is 32.3 Å². The lowest BCUT2D eigenvalue weighted by atomic mass is 10.1. The summed E-state index contributed by atoms with van der Waals surface area (Å²) in [5.41, 5.74) is 2.04. The Morgan fingerprint density at radius 3 is 2.43 bits per heavy atom. The molecule has 0 saturated carbocycles. The number of nitrogens with zero attached hydrogens (tertiary/aromatic N) is 1. The van der Waals surface area contributed by atoms with Crippen molar-refractivity contribution < 1.29 is 9.59 Å². The van der Waals surface area contributed by atoms with Crippen LogP contribution in [0.5, 0.6) is 0 Å². The average molecular weight is 331 g/mol. The Morgan fingerprint density at radius 1 is 1.09 bits per heavy atom. The minimum atomic E-state index is -0.138. The largest absolute Gasteiger partial charge is 0.345 e. The highest BCUT2D eigenvalue weighted by Gasteiger charge is 2.12. The molecule has 2 aromatic rings.